The van der Waals surface area contributed by atoms with Crippen LogP contribution in [0, 0.1) is 11.7 Å². The number of nitrogens with zero attached hydrogens (tertiary/aromatic N) is 1. The van der Waals surface area contributed by atoms with Crippen LogP contribution in [-0.2, 0) is 6.54 Å². The van der Waals surface area contributed by atoms with Crippen molar-refractivity contribution in [1.29, 1.82) is 0 Å². The summed E-state index contributed by atoms with van der Waals surface area (Å²) in [5.41, 5.74) is 0.880. The summed E-state index contributed by atoms with van der Waals surface area (Å²) in [6.45, 7) is 9.00. The number of nitrogens with one attached hydrogen (secondary N) is 1. The van der Waals surface area contributed by atoms with Gasteiger partial charge in [0.1, 0.15) is 5.82 Å². The monoisotopic (exact) mass is 294 g/mol. The number of hydrogen-bond acceptors (Lipinski definition) is 3. The minimum atomic E-state index is -0.733. The molecule has 1 heterocycles. The molecule has 0 bridgehead atoms. The second-order valence-electron chi connectivity index (χ2n) is 6.79. The highest BCUT2D eigenvalue weighted by atomic mass is 19.1. The van der Waals surface area contributed by atoms with Gasteiger partial charge in [-0.2, -0.15) is 0 Å². The number of anilines is 1. The van der Waals surface area contributed by atoms with E-state index in [1.807, 2.05) is 17.9 Å². The Hall–Kier alpha value is -1.13. The Labute approximate surface area is 127 Å². The van der Waals surface area contributed by atoms with Crippen molar-refractivity contribution in [2.45, 2.75) is 45.8 Å². The van der Waals surface area contributed by atoms with Crippen molar-refractivity contribution in [2.75, 3.05) is 24.5 Å². The van der Waals surface area contributed by atoms with Gasteiger partial charge in [0, 0.05) is 19.6 Å². The van der Waals surface area contributed by atoms with E-state index in [2.05, 4.69) is 19.2 Å². The third kappa shape index (κ3) is 4.42. The predicted molar refractivity (Wildman–Crippen MR) is 85.0 cm³/mol. The highest BCUT2D eigenvalue weighted by Crippen LogP contribution is 2.30. The number of halogens is 1. The first kappa shape index (κ1) is 16.2. The lowest BCUT2D eigenvalue weighted by Gasteiger charge is -2.39. The molecule has 0 spiro atoms. The molecule has 0 radical (unpaired) electrons. The van der Waals surface area contributed by atoms with Crippen LogP contribution in [0.2, 0.25) is 0 Å². The Morgan fingerprint density at radius 3 is 2.86 bits per heavy atom. The van der Waals surface area contributed by atoms with Gasteiger partial charge in [0.25, 0.3) is 0 Å². The molecule has 4 heteroatoms. The SMILES string of the molecule is CC(C)CNCc1cccc(F)c1N1CCCC(C)(O)C1. The molecule has 1 saturated heterocycles. The van der Waals surface area contributed by atoms with E-state index in [1.165, 1.54) is 6.07 Å². The fraction of sp³-hybridized carbons (Fsp3) is 0.647. The summed E-state index contributed by atoms with van der Waals surface area (Å²) in [4.78, 5) is 1.99. The van der Waals surface area contributed by atoms with Crippen LogP contribution >= 0.6 is 0 Å². The van der Waals surface area contributed by atoms with Crippen LogP contribution in [0.5, 0.6) is 0 Å². The second kappa shape index (κ2) is 6.75. The average molecular weight is 294 g/mol. The molecular weight excluding hydrogens is 267 g/mol. The molecule has 21 heavy (non-hydrogen) atoms. The second-order valence-corrected chi connectivity index (χ2v) is 6.79. The molecule has 2 rings (SSSR count). The van der Waals surface area contributed by atoms with Gasteiger partial charge in [0.05, 0.1) is 11.3 Å². The lowest BCUT2D eigenvalue weighted by molar-refractivity contribution is 0.0447. The standard InChI is InChI=1S/C17H27FN2O/c1-13(2)10-19-11-14-6-4-7-15(18)16(14)20-9-5-8-17(3,21)12-20/h4,6-7,13,19,21H,5,8-12H2,1-3H3. The third-order valence-electron chi connectivity index (χ3n) is 3.93. The highest BCUT2D eigenvalue weighted by Gasteiger charge is 2.30. The zero-order valence-corrected chi connectivity index (χ0v) is 13.3. The molecule has 3 nitrogen and oxygen atoms in total. The minimum absolute atomic E-state index is 0.198. The Morgan fingerprint density at radius 2 is 2.19 bits per heavy atom. The summed E-state index contributed by atoms with van der Waals surface area (Å²) in [5, 5.41) is 13.6. The van der Waals surface area contributed by atoms with Crippen molar-refractivity contribution >= 4 is 5.69 Å². The first-order chi connectivity index (χ1) is 9.89. The van der Waals surface area contributed by atoms with E-state index in [0.29, 0.717) is 24.7 Å². The number of aliphatic hydroxyl groups is 1. The fourth-order valence-electron chi connectivity index (χ4n) is 2.96. The van der Waals surface area contributed by atoms with Gasteiger partial charge in [-0.3, -0.25) is 0 Å². The smallest absolute Gasteiger partial charge is 0.146 e. The number of β-amino-alcohol motifs (C(OH)–C–C–N with tert-alkyl or cyclic N) is 1. The quantitative estimate of drug-likeness (QED) is 0.876. The van der Waals surface area contributed by atoms with Gasteiger partial charge in [0.15, 0.2) is 0 Å². The fourth-order valence-corrected chi connectivity index (χ4v) is 2.96. The Kier molecular flexibility index (Phi) is 5.22. The van der Waals surface area contributed by atoms with E-state index in [1.54, 1.807) is 6.07 Å². The molecule has 2 N–H and O–H groups in total. The summed E-state index contributed by atoms with van der Waals surface area (Å²) >= 11 is 0. The van der Waals surface area contributed by atoms with Crippen molar-refractivity contribution in [3.8, 4) is 0 Å². The first-order valence-electron chi connectivity index (χ1n) is 7.84. The molecule has 1 fully saturated rings. The van der Waals surface area contributed by atoms with Crippen LogP contribution in [-0.4, -0.2) is 30.3 Å². The number of hydrogen-bond donors (Lipinski definition) is 2. The van der Waals surface area contributed by atoms with Gasteiger partial charge in [-0.05, 0) is 43.9 Å². The van der Waals surface area contributed by atoms with E-state index < -0.39 is 5.60 Å². The summed E-state index contributed by atoms with van der Waals surface area (Å²) in [6.07, 6.45) is 1.67. The summed E-state index contributed by atoms with van der Waals surface area (Å²) in [6, 6.07) is 5.23. The van der Waals surface area contributed by atoms with Gasteiger partial charge in [-0.15, -0.1) is 0 Å². The molecule has 0 aromatic heterocycles. The van der Waals surface area contributed by atoms with E-state index >= 15 is 0 Å². The van der Waals surface area contributed by atoms with Crippen molar-refractivity contribution in [3.63, 3.8) is 0 Å². The Balaban J connectivity index is 2.17. The Morgan fingerprint density at radius 1 is 1.43 bits per heavy atom. The van der Waals surface area contributed by atoms with Crippen LogP contribution in [0.25, 0.3) is 0 Å². The van der Waals surface area contributed by atoms with E-state index in [4.69, 9.17) is 0 Å². The van der Waals surface area contributed by atoms with Gasteiger partial charge >= 0.3 is 0 Å². The van der Waals surface area contributed by atoms with Gasteiger partial charge < -0.3 is 15.3 Å². The van der Waals surface area contributed by atoms with Crippen molar-refractivity contribution in [3.05, 3.63) is 29.6 Å². The van der Waals surface area contributed by atoms with Crippen LogP contribution in [0.4, 0.5) is 10.1 Å². The van der Waals surface area contributed by atoms with E-state index in [-0.39, 0.29) is 5.82 Å². The lowest BCUT2D eigenvalue weighted by Crippen LogP contribution is -2.46. The van der Waals surface area contributed by atoms with Crippen LogP contribution in [0.1, 0.15) is 39.2 Å². The predicted octanol–water partition coefficient (Wildman–Crippen LogP) is 2.92. The molecule has 0 amide bonds. The highest BCUT2D eigenvalue weighted by molar-refractivity contribution is 5.55. The zero-order chi connectivity index (χ0) is 15.5. The summed E-state index contributed by atoms with van der Waals surface area (Å²) in [7, 11) is 0. The molecule has 1 aromatic rings. The van der Waals surface area contributed by atoms with Crippen molar-refractivity contribution in [1.82, 2.24) is 5.32 Å². The Bertz CT molecular complexity index is 474. The maximum absolute atomic E-state index is 14.3. The number of piperidine rings is 1. The zero-order valence-electron chi connectivity index (χ0n) is 13.3. The van der Waals surface area contributed by atoms with Crippen LogP contribution in [0.15, 0.2) is 18.2 Å². The average Bonchev–Trinajstić information content (AvgIpc) is 2.37. The van der Waals surface area contributed by atoms with Crippen molar-refractivity contribution in [2.24, 2.45) is 5.92 Å². The maximum atomic E-state index is 14.3. The molecule has 1 aliphatic heterocycles. The number of benzene rings is 1. The lowest BCUT2D eigenvalue weighted by atomic mass is 9.94. The van der Waals surface area contributed by atoms with Gasteiger partial charge in [-0.25, -0.2) is 4.39 Å². The number of rotatable bonds is 5. The molecule has 1 aliphatic rings. The van der Waals surface area contributed by atoms with Crippen LogP contribution < -0.4 is 10.2 Å². The molecule has 0 aliphatic carbocycles. The summed E-state index contributed by atoms with van der Waals surface area (Å²) in [5.74, 6) is 0.370. The van der Waals surface area contributed by atoms with Crippen molar-refractivity contribution < 1.29 is 9.50 Å². The molecule has 118 valence electrons. The molecule has 1 unspecified atom stereocenters. The molecular formula is C17H27FN2O. The first-order valence-corrected chi connectivity index (χ1v) is 7.84. The van der Waals surface area contributed by atoms with E-state index in [9.17, 15) is 9.50 Å². The van der Waals surface area contributed by atoms with Crippen LogP contribution in [0.3, 0.4) is 0 Å². The third-order valence-corrected chi connectivity index (χ3v) is 3.93. The summed E-state index contributed by atoms with van der Waals surface area (Å²) < 4.78 is 14.3. The topological polar surface area (TPSA) is 35.5 Å². The molecule has 0 saturated carbocycles. The minimum Gasteiger partial charge on any atom is -0.388 e. The largest absolute Gasteiger partial charge is 0.388 e. The number of para-hydroxylation sites is 1. The van der Waals surface area contributed by atoms with Gasteiger partial charge in [0.2, 0.25) is 0 Å². The molecule has 1 aromatic carbocycles. The van der Waals surface area contributed by atoms with E-state index in [0.717, 1.165) is 31.5 Å². The molecule has 1 atom stereocenters. The maximum Gasteiger partial charge on any atom is 0.146 e. The normalized spacial score (nSPS) is 22.9. The van der Waals surface area contributed by atoms with Gasteiger partial charge in [-0.1, -0.05) is 26.0 Å².